The second kappa shape index (κ2) is 5.79. The van der Waals surface area contributed by atoms with E-state index in [0.29, 0.717) is 0 Å². The van der Waals surface area contributed by atoms with Gasteiger partial charge >= 0.3 is 0 Å². The van der Waals surface area contributed by atoms with Crippen LogP contribution in [0.15, 0.2) is 79.0 Å². The second-order valence-corrected chi connectivity index (χ2v) is 13.3. The third-order valence-corrected chi connectivity index (χ3v) is 7.44. The number of rotatable bonds is 2. The van der Waals surface area contributed by atoms with Crippen molar-refractivity contribution in [3.8, 4) is 5.82 Å². The molecule has 0 N–H and O–H groups in total. The lowest BCUT2D eigenvalue weighted by molar-refractivity contribution is 1.10. The molecule has 0 aliphatic carbocycles. The highest BCUT2D eigenvalue weighted by Gasteiger charge is 2.18. The van der Waals surface area contributed by atoms with E-state index in [1.165, 1.54) is 37.8 Å². The van der Waals surface area contributed by atoms with E-state index < -0.39 is 8.07 Å². The highest BCUT2D eigenvalue weighted by Crippen LogP contribution is 2.33. The van der Waals surface area contributed by atoms with E-state index in [1.807, 2.05) is 6.20 Å². The normalized spacial score (nSPS) is 12.3. The average Bonchev–Trinajstić information content (AvgIpc) is 3.01. The van der Waals surface area contributed by atoms with Crippen molar-refractivity contribution < 1.29 is 0 Å². The first-order chi connectivity index (χ1) is 13.0. The minimum atomic E-state index is -1.35. The molecule has 0 amide bonds. The summed E-state index contributed by atoms with van der Waals surface area (Å²) in [6.45, 7) is 7.18. The van der Waals surface area contributed by atoms with Crippen LogP contribution < -0.4 is 5.19 Å². The van der Waals surface area contributed by atoms with Gasteiger partial charge in [0.05, 0.1) is 19.1 Å². The van der Waals surface area contributed by atoms with Crippen LogP contribution in [0.2, 0.25) is 19.6 Å². The van der Waals surface area contributed by atoms with Gasteiger partial charge in [0.15, 0.2) is 0 Å². The van der Waals surface area contributed by atoms with Gasteiger partial charge in [-0.2, -0.15) is 0 Å². The Balaban J connectivity index is 1.89. The van der Waals surface area contributed by atoms with Crippen molar-refractivity contribution in [2.45, 2.75) is 19.6 Å². The molecule has 0 aliphatic heterocycles. The number of pyridine rings is 1. The first-order valence-electron chi connectivity index (χ1n) is 9.42. The van der Waals surface area contributed by atoms with Gasteiger partial charge in [0.25, 0.3) is 0 Å². The maximum Gasteiger partial charge on any atom is 0.145 e. The number of nitrogens with zero attached hydrogens (tertiary/aromatic N) is 2. The van der Waals surface area contributed by atoms with Crippen molar-refractivity contribution >= 4 is 45.8 Å². The predicted molar refractivity (Wildman–Crippen MR) is 119 cm³/mol. The fraction of sp³-hybridized carbons (Fsp3) is 0.125. The van der Waals surface area contributed by atoms with E-state index in [2.05, 4.69) is 97.0 Å². The zero-order chi connectivity index (χ0) is 18.6. The minimum Gasteiger partial charge on any atom is -0.293 e. The Morgan fingerprint density at radius 1 is 0.704 bits per heavy atom. The Hall–Kier alpha value is -2.91. The summed E-state index contributed by atoms with van der Waals surface area (Å²) >= 11 is 0. The van der Waals surface area contributed by atoms with Gasteiger partial charge in [0.1, 0.15) is 5.82 Å². The summed E-state index contributed by atoms with van der Waals surface area (Å²) in [6.07, 6.45) is 1.94. The molecular formula is C24H22N2Si. The maximum atomic E-state index is 4.82. The van der Waals surface area contributed by atoms with E-state index in [9.17, 15) is 0 Å². The summed E-state index contributed by atoms with van der Waals surface area (Å²) in [6, 6.07) is 26.2. The number of benzene rings is 3. The standard InChI is InChI=1S/C24H22N2Si/c1-27(2,3)18-12-13-19-17(16-18)14-15-25-24(19)26-22-10-6-4-8-20(22)21-9-5-7-11-23(21)26/h4-16H,1-3H3. The van der Waals surface area contributed by atoms with Crippen molar-refractivity contribution in [2.24, 2.45) is 0 Å². The Bertz CT molecular complexity index is 1260. The molecule has 3 aromatic carbocycles. The third kappa shape index (κ3) is 2.50. The maximum absolute atomic E-state index is 4.82. The average molecular weight is 367 g/mol. The zero-order valence-corrected chi connectivity index (χ0v) is 16.9. The van der Waals surface area contributed by atoms with Crippen molar-refractivity contribution in [2.75, 3.05) is 0 Å². The minimum absolute atomic E-state index is 1.01. The number of hydrogen-bond acceptors (Lipinski definition) is 1. The van der Waals surface area contributed by atoms with Gasteiger partial charge in [-0.05, 0) is 23.6 Å². The smallest absolute Gasteiger partial charge is 0.145 e. The Morgan fingerprint density at radius 3 is 1.96 bits per heavy atom. The molecule has 0 atom stereocenters. The van der Waals surface area contributed by atoms with Crippen LogP contribution >= 0.6 is 0 Å². The van der Waals surface area contributed by atoms with Crippen LogP contribution in [0.25, 0.3) is 38.4 Å². The molecule has 0 spiro atoms. The van der Waals surface area contributed by atoms with Gasteiger partial charge in [-0.3, -0.25) is 4.57 Å². The molecule has 0 radical (unpaired) electrons. The van der Waals surface area contributed by atoms with Crippen LogP contribution in [0.1, 0.15) is 0 Å². The van der Waals surface area contributed by atoms with Gasteiger partial charge < -0.3 is 0 Å². The molecule has 5 rings (SSSR count). The molecule has 2 aromatic heterocycles. The Morgan fingerprint density at radius 2 is 1.33 bits per heavy atom. The summed E-state index contributed by atoms with van der Waals surface area (Å²) in [5.41, 5.74) is 2.40. The van der Waals surface area contributed by atoms with Crippen molar-refractivity contribution in [3.63, 3.8) is 0 Å². The molecule has 0 unspecified atom stereocenters. The van der Waals surface area contributed by atoms with Crippen LogP contribution in [0.5, 0.6) is 0 Å². The largest absolute Gasteiger partial charge is 0.293 e. The fourth-order valence-corrected chi connectivity index (χ4v) is 5.13. The van der Waals surface area contributed by atoms with E-state index in [-0.39, 0.29) is 0 Å². The summed E-state index contributed by atoms with van der Waals surface area (Å²) in [4.78, 5) is 4.82. The molecular weight excluding hydrogens is 344 g/mol. The molecule has 0 aliphatic rings. The van der Waals surface area contributed by atoms with Crippen molar-refractivity contribution in [1.29, 1.82) is 0 Å². The first kappa shape index (κ1) is 16.3. The molecule has 2 nitrogen and oxygen atoms in total. The SMILES string of the molecule is C[Si](C)(C)c1ccc2c(-n3c4ccccc4c4ccccc43)nccc2c1. The zero-order valence-electron chi connectivity index (χ0n) is 15.9. The lowest BCUT2D eigenvalue weighted by Gasteiger charge is -2.18. The van der Waals surface area contributed by atoms with Crippen LogP contribution in [0, 0.1) is 0 Å². The molecule has 0 bridgehead atoms. The molecule has 3 heteroatoms. The molecule has 132 valence electrons. The Kier molecular flexibility index (Phi) is 3.49. The summed E-state index contributed by atoms with van der Waals surface area (Å²) in [5.74, 6) is 1.01. The molecule has 0 saturated heterocycles. The van der Waals surface area contributed by atoms with Gasteiger partial charge in [-0.15, -0.1) is 0 Å². The quantitative estimate of drug-likeness (QED) is 0.357. The van der Waals surface area contributed by atoms with E-state index in [4.69, 9.17) is 4.98 Å². The number of para-hydroxylation sites is 2. The molecule has 0 fully saturated rings. The summed E-state index contributed by atoms with van der Waals surface area (Å²) in [7, 11) is -1.35. The van der Waals surface area contributed by atoms with E-state index in [1.54, 1.807) is 0 Å². The van der Waals surface area contributed by atoms with Gasteiger partial charge in [0, 0.05) is 22.4 Å². The Labute approximate surface area is 160 Å². The highest BCUT2D eigenvalue weighted by molar-refractivity contribution is 6.88. The van der Waals surface area contributed by atoms with E-state index in [0.717, 1.165) is 5.82 Å². The molecule has 2 heterocycles. The highest BCUT2D eigenvalue weighted by atomic mass is 28.3. The fourth-order valence-electron chi connectivity index (χ4n) is 3.96. The summed E-state index contributed by atoms with van der Waals surface area (Å²) in [5, 5.41) is 6.48. The van der Waals surface area contributed by atoms with Crippen LogP contribution in [-0.4, -0.2) is 17.6 Å². The van der Waals surface area contributed by atoms with Gasteiger partial charge in [-0.25, -0.2) is 4.98 Å². The van der Waals surface area contributed by atoms with Crippen LogP contribution in [0.4, 0.5) is 0 Å². The lowest BCUT2D eigenvalue weighted by atomic mass is 10.1. The second-order valence-electron chi connectivity index (χ2n) is 8.19. The molecule has 27 heavy (non-hydrogen) atoms. The predicted octanol–water partition coefficient (Wildman–Crippen LogP) is 5.88. The first-order valence-corrected chi connectivity index (χ1v) is 12.9. The van der Waals surface area contributed by atoms with E-state index >= 15 is 0 Å². The topological polar surface area (TPSA) is 17.8 Å². The monoisotopic (exact) mass is 366 g/mol. The number of aromatic nitrogens is 2. The lowest BCUT2D eigenvalue weighted by Crippen LogP contribution is -2.37. The third-order valence-electron chi connectivity index (χ3n) is 5.40. The van der Waals surface area contributed by atoms with Crippen LogP contribution in [0.3, 0.4) is 0 Å². The molecule has 5 aromatic rings. The van der Waals surface area contributed by atoms with Gasteiger partial charge in [0.2, 0.25) is 0 Å². The number of fused-ring (bicyclic) bond motifs is 4. The molecule has 0 saturated carbocycles. The van der Waals surface area contributed by atoms with Crippen LogP contribution in [-0.2, 0) is 0 Å². The summed E-state index contributed by atoms with van der Waals surface area (Å²) < 4.78 is 2.31. The van der Waals surface area contributed by atoms with Crippen molar-refractivity contribution in [1.82, 2.24) is 9.55 Å². The van der Waals surface area contributed by atoms with Gasteiger partial charge in [-0.1, -0.05) is 79.4 Å². The number of hydrogen-bond donors (Lipinski definition) is 0. The van der Waals surface area contributed by atoms with Crippen molar-refractivity contribution in [3.05, 3.63) is 79.0 Å².